The number of rotatable bonds is 2. The molecule has 0 unspecified atom stereocenters. The quantitative estimate of drug-likeness (QED) is 0.311. The molecule has 9 atom stereocenters. The number of carboxylic acids is 1. The summed E-state index contributed by atoms with van der Waals surface area (Å²) in [6.45, 7) is 18.3. The summed E-state index contributed by atoms with van der Waals surface area (Å²) in [5.41, 5.74) is 1.81. The molecule has 0 aliphatic heterocycles. The van der Waals surface area contributed by atoms with E-state index in [1.807, 2.05) is 6.92 Å². The van der Waals surface area contributed by atoms with Crippen molar-refractivity contribution >= 4 is 11.9 Å². The maximum atomic E-state index is 12.8. The Kier molecular flexibility index (Phi) is 5.74. The normalized spacial score (nSPS) is 51.5. The van der Waals surface area contributed by atoms with Crippen molar-refractivity contribution in [1.82, 2.24) is 0 Å². The Morgan fingerprint density at radius 1 is 0.889 bits per heavy atom. The lowest BCUT2D eigenvalue weighted by atomic mass is 9.33. The van der Waals surface area contributed by atoms with Crippen molar-refractivity contribution in [2.24, 2.45) is 50.2 Å². The fourth-order valence-electron chi connectivity index (χ4n) is 10.9. The molecule has 4 fully saturated rings. The third-order valence-electron chi connectivity index (χ3n) is 13.4. The zero-order chi connectivity index (χ0) is 26.5. The molecule has 0 saturated heterocycles. The van der Waals surface area contributed by atoms with Gasteiger partial charge in [0.05, 0.1) is 0 Å². The molecule has 0 spiro atoms. The third-order valence-corrected chi connectivity index (χ3v) is 13.4. The Labute approximate surface area is 219 Å². The first-order chi connectivity index (χ1) is 16.5. The molecule has 0 aromatic rings. The lowest BCUT2D eigenvalue weighted by Gasteiger charge is -2.71. The van der Waals surface area contributed by atoms with E-state index in [9.17, 15) is 14.7 Å². The molecule has 0 aromatic carbocycles. The van der Waals surface area contributed by atoms with Gasteiger partial charge in [0, 0.05) is 6.92 Å². The summed E-state index contributed by atoms with van der Waals surface area (Å²) in [6, 6.07) is 0. The number of carboxylic acid groups (broad SMARTS) is 1. The molecule has 0 bridgehead atoms. The zero-order valence-corrected chi connectivity index (χ0v) is 24.1. The van der Waals surface area contributed by atoms with Crippen LogP contribution in [0.3, 0.4) is 0 Å². The van der Waals surface area contributed by atoms with Crippen LogP contribution in [0, 0.1) is 50.2 Å². The van der Waals surface area contributed by atoms with E-state index in [-0.39, 0.29) is 28.1 Å². The third kappa shape index (κ3) is 3.30. The summed E-state index contributed by atoms with van der Waals surface area (Å²) >= 11 is 0. The standard InChI is InChI=1S/C32H50O4/c1-20(33)36-25-12-13-29(5)23-10-9-21-22-19-27(2,3)15-16-28(22,4)17-18-30(21,6)31(23,7)14-11-24(29)32(25,8)26(34)35/h9,22-25H,10-19H2,1-8H3,(H,34,35)/t22-,23-,24+,25-,28-,29+,30+,31-,32-/m1/s1. The molecular weight excluding hydrogens is 448 g/mol. The van der Waals surface area contributed by atoms with Gasteiger partial charge < -0.3 is 9.84 Å². The number of hydrogen-bond donors (Lipinski definition) is 1. The van der Waals surface area contributed by atoms with Crippen molar-refractivity contribution in [3.05, 3.63) is 11.6 Å². The Bertz CT molecular complexity index is 996. The van der Waals surface area contributed by atoms with Crippen LogP contribution in [-0.4, -0.2) is 23.1 Å². The van der Waals surface area contributed by atoms with Gasteiger partial charge in [0.2, 0.25) is 0 Å². The van der Waals surface area contributed by atoms with Crippen LogP contribution in [0.1, 0.15) is 120 Å². The summed E-state index contributed by atoms with van der Waals surface area (Å²) in [5, 5.41) is 10.5. The predicted octanol–water partition coefficient (Wildman–Crippen LogP) is 7.80. The van der Waals surface area contributed by atoms with E-state index < -0.39 is 17.5 Å². The van der Waals surface area contributed by atoms with E-state index in [0.29, 0.717) is 29.1 Å². The highest BCUT2D eigenvalue weighted by Gasteiger charge is 2.70. The van der Waals surface area contributed by atoms with Crippen molar-refractivity contribution in [2.45, 2.75) is 126 Å². The second-order valence-electron chi connectivity index (χ2n) is 15.6. The van der Waals surface area contributed by atoms with Crippen LogP contribution < -0.4 is 0 Å². The van der Waals surface area contributed by atoms with Gasteiger partial charge in [-0.2, -0.15) is 0 Å². The van der Waals surface area contributed by atoms with Crippen molar-refractivity contribution in [3.8, 4) is 0 Å². The summed E-state index contributed by atoms with van der Waals surface area (Å²) in [4.78, 5) is 24.8. The SMILES string of the molecule is CC(=O)O[C@@H]1CC[C@@]2(C)[C@H]3CC=C4[C@H]5CC(C)(C)CC[C@]5(C)CC[C@]4(C)[C@]3(C)CC[C@@H]2[C@@]1(C)C(=O)O. The van der Waals surface area contributed by atoms with Crippen molar-refractivity contribution in [2.75, 3.05) is 0 Å². The number of carbonyl (C=O) groups excluding carboxylic acids is 1. The molecule has 202 valence electrons. The van der Waals surface area contributed by atoms with Gasteiger partial charge in [-0.3, -0.25) is 9.59 Å². The minimum absolute atomic E-state index is 0.0136. The molecule has 4 nitrogen and oxygen atoms in total. The Morgan fingerprint density at radius 3 is 2.19 bits per heavy atom. The Morgan fingerprint density at radius 2 is 1.56 bits per heavy atom. The largest absolute Gasteiger partial charge is 0.481 e. The maximum absolute atomic E-state index is 12.8. The molecular formula is C32H50O4. The van der Waals surface area contributed by atoms with Gasteiger partial charge in [0.1, 0.15) is 11.5 Å². The van der Waals surface area contributed by atoms with Gasteiger partial charge in [-0.15, -0.1) is 0 Å². The number of allylic oxidation sites excluding steroid dienone is 2. The first kappa shape index (κ1) is 26.3. The van der Waals surface area contributed by atoms with E-state index in [2.05, 4.69) is 47.6 Å². The first-order valence-corrected chi connectivity index (χ1v) is 14.6. The highest BCUT2D eigenvalue weighted by Crippen LogP contribution is 2.75. The number of aliphatic carboxylic acids is 1. The highest BCUT2D eigenvalue weighted by molar-refractivity contribution is 5.77. The van der Waals surface area contributed by atoms with Crippen LogP contribution >= 0.6 is 0 Å². The van der Waals surface area contributed by atoms with Gasteiger partial charge in [-0.1, -0.05) is 53.2 Å². The summed E-state index contributed by atoms with van der Waals surface area (Å²) in [7, 11) is 0. The number of esters is 1. The Hall–Kier alpha value is -1.32. The van der Waals surface area contributed by atoms with Crippen molar-refractivity contribution < 1.29 is 19.4 Å². The van der Waals surface area contributed by atoms with E-state index in [4.69, 9.17) is 4.74 Å². The van der Waals surface area contributed by atoms with Crippen LogP contribution in [0.4, 0.5) is 0 Å². The average Bonchev–Trinajstić information content (AvgIpc) is 2.77. The number of ether oxygens (including phenoxy) is 1. The van der Waals surface area contributed by atoms with Gasteiger partial charge in [0.15, 0.2) is 0 Å². The molecule has 5 rings (SSSR count). The van der Waals surface area contributed by atoms with Crippen LogP contribution in [0.5, 0.6) is 0 Å². The number of carbonyl (C=O) groups is 2. The minimum atomic E-state index is -1.04. The lowest BCUT2D eigenvalue weighted by Crippen LogP contribution is -2.66. The van der Waals surface area contributed by atoms with Crippen LogP contribution in [-0.2, 0) is 14.3 Å². The Balaban J connectivity index is 1.56. The maximum Gasteiger partial charge on any atom is 0.313 e. The van der Waals surface area contributed by atoms with Gasteiger partial charge in [-0.05, 0) is 116 Å². The van der Waals surface area contributed by atoms with Crippen molar-refractivity contribution in [1.29, 1.82) is 0 Å². The molecule has 5 aliphatic rings. The van der Waals surface area contributed by atoms with E-state index in [1.54, 1.807) is 5.57 Å². The lowest BCUT2D eigenvalue weighted by molar-refractivity contribution is -0.222. The molecule has 0 heterocycles. The molecule has 0 aromatic heterocycles. The van der Waals surface area contributed by atoms with Gasteiger partial charge in [-0.25, -0.2) is 0 Å². The predicted molar refractivity (Wildman–Crippen MR) is 142 cm³/mol. The van der Waals surface area contributed by atoms with Crippen LogP contribution in [0.2, 0.25) is 0 Å². The van der Waals surface area contributed by atoms with E-state index >= 15 is 0 Å². The molecule has 36 heavy (non-hydrogen) atoms. The summed E-state index contributed by atoms with van der Waals surface area (Å²) in [5.74, 6) is -0.0260. The fourth-order valence-corrected chi connectivity index (χ4v) is 10.9. The smallest absolute Gasteiger partial charge is 0.313 e. The van der Waals surface area contributed by atoms with E-state index in [1.165, 1.54) is 39.0 Å². The second kappa shape index (κ2) is 7.85. The topological polar surface area (TPSA) is 63.6 Å². The molecule has 5 aliphatic carbocycles. The van der Waals surface area contributed by atoms with Crippen LogP contribution in [0.25, 0.3) is 0 Å². The fraction of sp³-hybridized carbons (Fsp3) is 0.875. The summed E-state index contributed by atoms with van der Waals surface area (Å²) < 4.78 is 5.69. The monoisotopic (exact) mass is 498 g/mol. The number of fused-ring (bicyclic) bond motifs is 7. The van der Waals surface area contributed by atoms with Crippen LogP contribution in [0.15, 0.2) is 11.6 Å². The first-order valence-electron chi connectivity index (χ1n) is 14.6. The van der Waals surface area contributed by atoms with Crippen molar-refractivity contribution in [3.63, 3.8) is 0 Å². The van der Waals surface area contributed by atoms with Gasteiger partial charge >= 0.3 is 11.9 Å². The second-order valence-corrected chi connectivity index (χ2v) is 15.6. The average molecular weight is 499 g/mol. The minimum Gasteiger partial charge on any atom is -0.481 e. The van der Waals surface area contributed by atoms with E-state index in [0.717, 1.165) is 25.7 Å². The zero-order valence-electron chi connectivity index (χ0n) is 24.1. The van der Waals surface area contributed by atoms with Gasteiger partial charge in [0.25, 0.3) is 0 Å². The molecule has 0 radical (unpaired) electrons. The molecule has 0 amide bonds. The number of hydrogen-bond acceptors (Lipinski definition) is 3. The molecule has 4 saturated carbocycles. The highest BCUT2D eigenvalue weighted by atomic mass is 16.5. The molecule has 4 heteroatoms. The summed E-state index contributed by atoms with van der Waals surface area (Å²) in [6.07, 6.45) is 13.3. The molecule has 1 N–H and O–H groups in total.